The lowest BCUT2D eigenvalue weighted by molar-refractivity contribution is 0.0512. The number of carbonyl (C=O) groups excluding carboxylic acids is 1. The molecule has 1 aromatic heterocycles. The first-order valence-corrected chi connectivity index (χ1v) is 7.66. The molecule has 1 saturated carbocycles. The van der Waals surface area contributed by atoms with Gasteiger partial charge in [-0.3, -0.25) is 9.48 Å². The van der Waals surface area contributed by atoms with E-state index >= 15 is 0 Å². The standard InChI is InChI=1S/C15H24N4O/c1-10-13(16)14(18(2)17-10)15(20)19-8-7-11-5-3-4-6-12(11)9-19/h11-12H,3-9,16H2,1-2H3. The summed E-state index contributed by atoms with van der Waals surface area (Å²) in [7, 11) is 1.80. The Balaban J connectivity index is 1.77. The van der Waals surface area contributed by atoms with Crippen LogP contribution < -0.4 is 5.73 Å². The van der Waals surface area contributed by atoms with Crippen LogP contribution in [0.2, 0.25) is 0 Å². The van der Waals surface area contributed by atoms with Gasteiger partial charge in [0.1, 0.15) is 5.69 Å². The molecule has 1 amide bonds. The van der Waals surface area contributed by atoms with Crippen LogP contribution in [0.4, 0.5) is 5.69 Å². The average molecular weight is 276 g/mol. The van der Waals surface area contributed by atoms with Gasteiger partial charge in [-0.05, 0) is 31.6 Å². The average Bonchev–Trinajstić information content (AvgIpc) is 2.71. The first-order valence-electron chi connectivity index (χ1n) is 7.66. The summed E-state index contributed by atoms with van der Waals surface area (Å²) in [6.45, 7) is 3.61. The van der Waals surface area contributed by atoms with E-state index in [0.717, 1.165) is 31.1 Å². The summed E-state index contributed by atoms with van der Waals surface area (Å²) < 4.78 is 1.62. The van der Waals surface area contributed by atoms with Gasteiger partial charge in [-0.25, -0.2) is 0 Å². The zero-order valence-electron chi connectivity index (χ0n) is 12.4. The monoisotopic (exact) mass is 276 g/mol. The molecule has 0 bridgehead atoms. The number of nitrogens with zero attached hydrogens (tertiary/aromatic N) is 3. The summed E-state index contributed by atoms with van der Waals surface area (Å²) in [5, 5.41) is 4.25. The second-order valence-electron chi connectivity index (χ2n) is 6.32. The molecule has 2 aliphatic rings. The molecule has 5 heteroatoms. The summed E-state index contributed by atoms with van der Waals surface area (Å²) in [6.07, 6.45) is 6.44. The number of hydrogen-bond acceptors (Lipinski definition) is 3. The fourth-order valence-corrected chi connectivity index (χ4v) is 3.86. The van der Waals surface area contributed by atoms with Crippen molar-refractivity contribution >= 4 is 11.6 Å². The Morgan fingerprint density at radius 2 is 1.95 bits per heavy atom. The Bertz CT molecular complexity index is 522. The molecule has 20 heavy (non-hydrogen) atoms. The smallest absolute Gasteiger partial charge is 0.274 e. The summed E-state index contributed by atoms with van der Waals surface area (Å²) >= 11 is 0. The van der Waals surface area contributed by atoms with Crippen molar-refractivity contribution in [2.45, 2.75) is 39.0 Å². The SMILES string of the molecule is Cc1nn(C)c(C(=O)N2CCC3CCCCC3C2)c1N. The van der Waals surface area contributed by atoms with Gasteiger partial charge in [-0.15, -0.1) is 0 Å². The molecule has 2 N–H and O–H groups in total. The van der Waals surface area contributed by atoms with Gasteiger partial charge in [-0.1, -0.05) is 19.3 Å². The summed E-state index contributed by atoms with van der Waals surface area (Å²) in [5.74, 6) is 1.57. The Kier molecular flexibility index (Phi) is 3.44. The fourth-order valence-electron chi connectivity index (χ4n) is 3.86. The number of piperidine rings is 1. The quantitative estimate of drug-likeness (QED) is 0.853. The molecule has 1 aliphatic carbocycles. The van der Waals surface area contributed by atoms with E-state index in [0.29, 0.717) is 17.3 Å². The molecular weight excluding hydrogens is 252 g/mol. The van der Waals surface area contributed by atoms with Crippen molar-refractivity contribution in [1.29, 1.82) is 0 Å². The van der Waals surface area contributed by atoms with Gasteiger partial charge in [0.25, 0.3) is 5.91 Å². The number of hydrogen-bond donors (Lipinski definition) is 1. The van der Waals surface area contributed by atoms with Crippen LogP contribution in [0.3, 0.4) is 0 Å². The molecule has 0 spiro atoms. The molecule has 1 aliphatic heterocycles. The van der Waals surface area contributed by atoms with Crippen molar-refractivity contribution in [1.82, 2.24) is 14.7 Å². The molecule has 2 unspecified atom stereocenters. The van der Waals surface area contributed by atoms with Crippen LogP contribution in [-0.4, -0.2) is 33.7 Å². The van der Waals surface area contributed by atoms with Crippen LogP contribution >= 0.6 is 0 Å². The third-order valence-corrected chi connectivity index (χ3v) is 5.05. The summed E-state index contributed by atoms with van der Waals surface area (Å²) in [6, 6.07) is 0. The number of nitrogens with two attached hydrogens (primary N) is 1. The molecule has 110 valence electrons. The lowest BCUT2D eigenvalue weighted by Crippen LogP contribution is -2.45. The largest absolute Gasteiger partial charge is 0.395 e. The highest BCUT2D eigenvalue weighted by Gasteiger charge is 2.34. The molecule has 1 saturated heterocycles. The van der Waals surface area contributed by atoms with Crippen molar-refractivity contribution in [3.8, 4) is 0 Å². The minimum absolute atomic E-state index is 0.0506. The third kappa shape index (κ3) is 2.19. The van der Waals surface area contributed by atoms with Gasteiger partial charge < -0.3 is 10.6 Å². The molecule has 2 heterocycles. The minimum atomic E-state index is 0.0506. The Morgan fingerprint density at radius 1 is 1.25 bits per heavy atom. The summed E-state index contributed by atoms with van der Waals surface area (Å²) in [5.41, 5.74) is 7.83. The van der Waals surface area contributed by atoms with Crippen LogP contribution in [0.1, 0.15) is 48.3 Å². The van der Waals surface area contributed by atoms with Gasteiger partial charge >= 0.3 is 0 Å². The van der Waals surface area contributed by atoms with Gasteiger partial charge in [-0.2, -0.15) is 5.10 Å². The molecule has 5 nitrogen and oxygen atoms in total. The van der Waals surface area contributed by atoms with Gasteiger partial charge in [0.15, 0.2) is 0 Å². The third-order valence-electron chi connectivity index (χ3n) is 5.05. The predicted octanol–water partition coefficient (Wildman–Crippen LogP) is 1.96. The fraction of sp³-hybridized carbons (Fsp3) is 0.733. The van der Waals surface area contributed by atoms with Crippen molar-refractivity contribution in [2.24, 2.45) is 18.9 Å². The Morgan fingerprint density at radius 3 is 2.60 bits per heavy atom. The van der Waals surface area contributed by atoms with E-state index < -0.39 is 0 Å². The van der Waals surface area contributed by atoms with Crippen molar-refractivity contribution < 1.29 is 4.79 Å². The van der Waals surface area contributed by atoms with Crippen LogP contribution in [0.25, 0.3) is 0 Å². The van der Waals surface area contributed by atoms with E-state index in [9.17, 15) is 4.79 Å². The highest BCUT2D eigenvalue weighted by molar-refractivity contribution is 5.98. The zero-order valence-corrected chi connectivity index (χ0v) is 12.4. The second kappa shape index (κ2) is 5.11. The number of fused-ring (bicyclic) bond motifs is 1. The van der Waals surface area contributed by atoms with Gasteiger partial charge in [0.05, 0.1) is 11.4 Å². The first-order chi connectivity index (χ1) is 9.58. The zero-order chi connectivity index (χ0) is 14.3. The molecule has 3 rings (SSSR count). The number of likely N-dealkylation sites (tertiary alicyclic amines) is 1. The van der Waals surface area contributed by atoms with Crippen LogP contribution in [0.5, 0.6) is 0 Å². The van der Waals surface area contributed by atoms with Crippen molar-refractivity contribution in [3.05, 3.63) is 11.4 Å². The number of carbonyl (C=O) groups is 1. The van der Waals surface area contributed by atoms with E-state index in [2.05, 4.69) is 5.10 Å². The molecule has 0 radical (unpaired) electrons. The number of aryl methyl sites for hydroxylation is 2. The van der Waals surface area contributed by atoms with Crippen LogP contribution in [-0.2, 0) is 7.05 Å². The molecule has 2 atom stereocenters. The maximum Gasteiger partial charge on any atom is 0.274 e. The number of rotatable bonds is 1. The minimum Gasteiger partial charge on any atom is -0.395 e. The molecule has 1 aromatic rings. The number of anilines is 1. The second-order valence-corrected chi connectivity index (χ2v) is 6.32. The number of nitrogen functional groups attached to an aromatic ring is 1. The van der Waals surface area contributed by atoms with E-state index in [4.69, 9.17) is 5.73 Å². The van der Waals surface area contributed by atoms with Crippen molar-refractivity contribution in [2.75, 3.05) is 18.8 Å². The van der Waals surface area contributed by atoms with Crippen molar-refractivity contribution in [3.63, 3.8) is 0 Å². The van der Waals surface area contributed by atoms with Gasteiger partial charge in [0.2, 0.25) is 0 Å². The van der Waals surface area contributed by atoms with Crippen LogP contribution in [0, 0.1) is 18.8 Å². The lowest BCUT2D eigenvalue weighted by Gasteiger charge is -2.41. The normalized spacial score (nSPS) is 26.4. The van der Waals surface area contributed by atoms with Crippen LogP contribution in [0.15, 0.2) is 0 Å². The number of aromatic nitrogens is 2. The van der Waals surface area contributed by atoms with E-state index in [1.807, 2.05) is 11.8 Å². The lowest BCUT2D eigenvalue weighted by atomic mass is 9.75. The first kappa shape index (κ1) is 13.5. The molecular formula is C15H24N4O. The number of amides is 1. The highest BCUT2D eigenvalue weighted by atomic mass is 16.2. The van der Waals surface area contributed by atoms with E-state index in [1.165, 1.54) is 25.7 Å². The maximum atomic E-state index is 12.7. The van der Waals surface area contributed by atoms with E-state index in [-0.39, 0.29) is 5.91 Å². The Hall–Kier alpha value is -1.52. The molecule has 0 aromatic carbocycles. The topological polar surface area (TPSA) is 64.2 Å². The highest BCUT2D eigenvalue weighted by Crippen LogP contribution is 2.36. The van der Waals surface area contributed by atoms with E-state index in [1.54, 1.807) is 11.7 Å². The maximum absolute atomic E-state index is 12.7. The Labute approximate surface area is 120 Å². The predicted molar refractivity (Wildman–Crippen MR) is 78.3 cm³/mol. The van der Waals surface area contributed by atoms with Gasteiger partial charge in [0, 0.05) is 20.1 Å². The summed E-state index contributed by atoms with van der Waals surface area (Å²) in [4.78, 5) is 14.7. The molecule has 2 fully saturated rings.